The molecule has 164 valence electrons. The number of aromatic amines is 1. The predicted molar refractivity (Wildman–Crippen MR) is 98.0 cm³/mol. The van der Waals surface area contributed by atoms with Crippen LogP contribution in [0.5, 0.6) is 11.5 Å². The average molecular weight is 467 g/mol. The molecule has 3 aromatic rings. The number of nitrogens with zero attached hydrogens (tertiary/aromatic N) is 4. The molecule has 0 saturated heterocycles. The molecule has 1 N–H and O–H groups in total. The molecule has 0 radical (unpaired) electrons. The van der Waals surface area contributed by atoms with Crippen molar-refractivity contribution in [3.8, 4) is 17.6 Å². The van der Waals surface area contributed by atoms with Gasteiger partial charge in [0.25, 0.3) is 11.1 Å². The number of aromatic carboxylic acids is 1. The van der Waals surface area contributed by atoms with Crippen molar-refractivity contribution in [1.82, 2.24) is 19.7 Å². The van der Waals surface area contributed by atoms with Gasteiger partial charge in [0, 0.05) is 5.02 Å². The van der Waals surface area contributed by atoms with Gasteiger partial charge in [-0.15, -0.1) is 0 Å². The van der Waals surface area contributed by atoms with Crippen molar-refractivity contribution in [2.24, 2.45) is 0 Å². The second kappa shape index (κ2) is 8.52. The summed E-state index contributed by atoms with van der Waals surface area (Å²) >= 11 is 5.81. The SMILES string of the molecule is N#Cc1cc(Cl)cc(Oc2c(C(F)(F)F)ncn(Cc3cc(C(=O)[O-])c(=O)[nH]n3)c2=O)c1. The highest BCUT2D eigenvalue weighted by atomic mass is 35.5. The molecule has 0 unspecified atom stereocenters. The quantitative estimate of drug-likeness (QED) is 0.585. The summed E-state index contributed by atoms with van der Waals surface area (Å²) in [4.78, 5) is 38.4. The molecule has 0 fully saturated rings. The molecule has 0 bridgehead atoms. The summed E-state index contributed by atoms with van der Waals surface area (Å²) in [5.41, 5.74) is -5.01. The monoisotopic (exact) mass is 466 g/mol. The van der Waals surface area contributed by atoms with Gasteiger partial charge < -0.3 is 14.6 Å². The van der Waals surface area contributed by atoms with E-state index >= 15 is 0 Å². The Morgan fingerprint density at radius 1 is 1.28 bits per heavy atom. The van der Waals surface area contributed by atoms with Gasteiger partial charge in [-0.25, -0.2) is 10.1 Å². The normalized spacial score (nSPS) is 11.1. The number of ether oxygens (including phenoxy) is 1. The van der Waals surface area contributed by atoms with E-state index in [0.717, 1.165) is 18.2 Å². The summed E-state index contributed by atoms with van der Waals surface area (Å²) in [5.74, 6) is -3.35. The number of carboxylic acids is 1. The van der Waals surface area contributed by atoms with Crippen LogP contribution in [0.4, 0.5) is 13.2 Å². The lowest BCUT2D eigenvalue weighted by Gasteiger charge is -2.15. The van der Waals surface area contributed by atoms with E-state index in [-0.39, 0.29) is 22.0 Å². The van der Waals surface area contributed by atoms with Crippen LogP contribution in [-0.2, 0) is 12.7 Å². The molecule has 0 spiro atoms. The Bertz CT molecular complexity index is 1380. The fourth-order valence-electron chi connectivity index (χ4n) is 2.54. The molecule has 0 aliphatic carbocycles. The van der Waals surface area contributed by atoms with E-state index in [9.17, 15) is 32.7 Å². The smallest absolute Gasteiger partial charge is 0.437 e. The van der Waals surface area contributed by atoms with E-state index in [1.54, 1.807) is 6.07 Å². The zero-order valence-corrected chi connectivity index (χ0v) is 16.2. The van der Waals surface area contributed by atoms with Crippen LogP contribution < -0.4 is 21.0 Å². The van der Waals surface area contributed by atoms with Crippen LogP contribution in [0.3, 0.4) is 0 Å². The molecular formula is C18H8ClF3N5O5-. The van der Waals surface area contributed by atoms with E-state index in [2.05, 4.69) is 10.1 Å². The number of H-pyrrole nitrogens is 1. The molecule has 0 aliphatic rings. The zero-order chi connectivity index (χ0) is 23.6. The number of carbonyl (C=O) groups is 1. The summed E-state index contributed by atoms with van der Waals surface area (Å²) in [7, 11) is 0. The van der Waals surface area contributed by atoms with Crippen molar-refractivity contribution in [2.75, 3.05) is 0 Å². The third kappa shape index (κ3) is 4.76. The minimum atomic E-state index is -5.07. The largest absolute Gasteiger partial charge is 0.545 e. The standard InChI is InChI=1S/C18H9ClF3N5O5/c19-9-1-8(5-23)2-11(3-9)32-13-14(18(20,21)22)24-7-27(16(13)29)6-10-4-12(17(30)31)15(28)26-25-10/h1-4,7H,6H2,(H,26,28)(H,30,31)/p-1. The highest BCUT2D eigenvalue weighted by molar-refractivity contribution is 6.30. The maximum absolute atomic E-state index is 13.4. The Labute approximate surface area is 180 Å². The van der Waals surface area contributed by atoms with Crippen LogP contribution in [0.2, 0.25) is 5.02 Å². The van der Waals surface area contributed by atoms with Gasteiger partial charge in [-0.3, -0.25) is 14.2 Å². The minimum absolute atomic E-state index is 0.0240. The Balaban J connectivity index is 2.10. The number of nitriles is 1. The lowest BCUT2D eigenvalue weighted by molar-refractivity contribution is -0.255. The van der Waals surface area contributed by atoms with Gasteiger partial charge in [-0.05, 0) is 24.3 Å². The van der Waals surface area contributed by atoms with Crippen LogP contribution >= 0.6 is 11.6 Å². The van der Waals surface area contributed by atoms with E-state index in [0.29, 0.717) is 10.9 Å². The lowest BCUT2D eigenvalue weighted by atomic mass is 10.2. The van der Waals surface area contributed by atoms with Crippen molar-refractivity contribution in [3.05, 3.63) is 78.8 Å². The molecule has 10 nitrogen and oxygen atoms in total. The molecular weight excluding hydrogens is 459 g/mol. The minimum Gasteiger partial charge on any atom is -0.545 e. The molecule has 0 aliphatic heterocycles. The van der Waals surface area contributed by atoms with Gasteiger partial charge in [-0.1, -0.05) is 11.6 Å². The van der Waals surface area contributed by atoms with Crippen molar-refractivity contribution in [1.29, 1.82) is 5.26 Å². The van der Waals surface area contributed by atoms with Crippen molar-refractivity contribution in [3.63, 3.8) is 0 Å². The van der Waals surface area contributed by atoms with E-state index in [1.165, 1.54) is 6.07 Å². The van der Waals surface area contributed by atoms with E-state index < -0.39 is 46.8 Å². The number of hydrogen-bond donors (Lipinski definition) is 1. The topological polar surface area (TPSA) is 154 Å². The second-order valence-corrected chi connectivity index (χ2v) is 6.57. The maximum Gasteiger partial charge on any atom is 0.437 e. The van der Waals surface area contributed by atoms with Gasteiger partial charge in [0.05, 0.1) is 41.7 Å². The summed E-state index contributed by atoms with van der Waals surface area (Å²) in [5, 5.41) is 25.3. The van der Waals surface area contributed by atoms with E-state index in [1.807, 2.05) is 5.10 Å². The Kier molecular flexibility index (Phi) is 5.99. The predicted octanol–water partition coefficient (Wildman–Crippen LogP) is 1.07. The summed E-state index contributed by atoms with van der Waals surface area (Å²) in [6.45, 7) is -0.559. The van der Waals surface area contributed by atoms with Crippen LogP contribution in [0.25, 0.3) is 0 Å². The maximum atomic E-state index is 13.4. The number of carbonyl (C=O) groups excluding carboxylic acids is 1. The molecule has 32 heavy (non-hydrogen) atoms. The molecule has 2 aromatic heterocycles. The number of carboxylic acid groups (broad SMARTS) is 1. The Morgan fingerprint density at radius 3 is 2.62 bits per heavy atom. The number of halogens is 4. The first-order valence-electron chi connectivity index (χ1n) is 8.34. The first-order valence-corrected chi connectivity index (χ1v) is 8.72. The average Bonchev–Trinajstić information content (AvgIpc) is 2.70. The van der Waals surface area contributed by atoms with Crippen LogP contribution in [0, 0.1) is 11.3 Å². The molecule has 3 rings (SSSR count). The van der Waals surface area contributed by atoms with Crippen LogP contribution in [0.15, 0.2) is 40.2 Å². The first-order chi connectivity index (χ1) is 15.0. The first kappa shape index (κ1) is 22.5. The molecule has 0 amide bonds. The van der Waals surface area contributed by atoms with Gasteiger partial charge >= 0.3 is 6.18 Å². The van der Waals surface area contributed by atoms with Gasteiger partial charge in [-0.2, -0.15) is 23.5 Å². The fourth-order valence-corrected chi connectivity index (χ4v) is 2.76. The van der Waals surface area contributed by atoms with Gasteiger partial charge in [0.15, 0.2) is 5.69 Å². The summed E-state index contributed by atoms with van der Waals surface area (Å²) in [6, 6.07) is 5.93. The Morgan fingerprint density at radius 2 is 2.00 bits per heavy atom. The molecule has 0 atom stereocenters. The zero-order valence-electron chi connectivity index (χ0n) is 15.4. The van der Waals surface area contributed by atoms with Crippen molar-refractivity contribution < 1.29 is 27.8 Å². The van der Waals surface area contributed by atoms with Crippen LogP contribution in [0.1, 0.15) is 27.3 Å². The van der Waals surface area contributed by atoms with Gasteiger partial charge in [0.1, 0.15) is 5.75 Å². The third-order valence-corrected chi connectivity index (χ3v) is 4.11. The number of hydrogen-bond acceptors (Lipinski definition) is 8. The molecule has 2 heterocycles. The highest BCUT2D eigenvalue weighted by Gasteiger charge is 2.38. The van der Waals surface area contributed by atoms with Crippen LogP contribution in [-0.4, -0.2) is 25.7 Å². The van der Waals surface area contributed by atoms with Crippen molar-refractivity contribution >= 4 is 17.6 Å². The third-order valence-electron chi connectivity index (χ3n) is 3.89. The van der Waals surface area contributed by atoms with E-state index in [4.69, 9.17) is 21.6 Å². The molecule has 14 heteroatoms. The number of benzene rings is 1. The summed E-state index contributed by atoms with van der Waals surface area (Å²) < 4.78 is 46.0. The number of nitrogens with one attached hydrogen (secondary N) is 1. The Hall–Kier alpha value is -4.18. The molecule has 1 aromatic carbocycles. The summed E-state index contributed by atoms with van der Waals surface area (Å²) in [6.07, 6.45) is -4.51. The number of alkyl halides is 3. The highest BCUT2D eigenvalue weighted by Crippen LogP contribution is 2.35. The molecule has 0 saturated carbocycles. The van der Waals surface area contributed by atoms with Crippen molar-refractivity contribution in [2.45, 2.75) is 12.7 Å². The lowest BCUT2D eigenvalue weighted by Crippen LogP contribution is -2.32. The van der Waals surface area contributed by atoms with Gasteiger partial charge in [0.2, 0.25) is 5.75 Å². The number of aromatic nitrogens is 4. The number of rotatable bonds is 5. The second-order valence-electron chi connectivity index (χ2n) is 6.13. The fraction of sp³-hybridized carbons (Fsp3) is 0.111.